The lowest BCUT2D eigenvalue weighted by Gasteiger charge is -2.11. The van der Waals surface area contributed by atoms with Crippen LogP contribution in [0.25, 0.3) is 0 Å². The lowest BCUT2D eigenvalue weighted by molar-refractivity contribution is 0.327. The second-order valence-corrected chi connectivity index (χ2v) is 5.74. The van der Waals surface area contributed by atoms with E-state index in [2.05, 4.69) is 46.1 Å². The molecule has 0 unspecified atom stereocenters. The van der Waals surface area contributed by atoms with E-state index < -0.39 is 0 Å². The Hall–Kier alpha value is -1.33. The molecule has 1 aromatic carbocycles. The number of nitrogens with one attached hydrogen (secondary N) is 1. The van der Waals surface area contributed by atoms with Crippen molar-refractivity contribution in [3.63, 3.8) is 0 Å². The first-order chi connectivity index (χ1) is 9.60. The first-order valence-electron chi connectivity index (χ1n) is 6.72. The van der Waals surface area contributed by atoms with Crippen molar-refractivity contribution < 1.29 is 9.15 Å². The maximum absolute atomic E-state index is 5.76. The molecule has 1 heterocycles. The number of nitrogens with zero attached hydrogens (tertiary/aromatic N) is 1. The molecule has 20 heavy (non-hydrogen) atoms. The first kappa shape index (κ1) is 15.1. The van der Waals surface area contributed by atoms with Gasteiger partial charge >= 0.3 is 6.08 Å². The van der Waals surface area contributed by atoms with Gasteiger partial charge in [0.2, 0.25) is 0 Å². The Labute approximate surface area is 127 Å². The smallest absolute Gasteiger partial charge is 0.399 e. The van der Waals surface area contributed by atoms with Crippen LogP contribution in [0.4, 0.5) is 0 Å². The molecule has 0 saturated carbocycles. The molecular formula is C15H19BrN2O2. The summed E-state index contributed by atoms with van der Waals surface area (Å²) < 4.78 is 12.1. The number of hydrogen-bond donors (Lipinski definition) is 1. The van der Waals surface area contributed by atoms with Gasteiger partial charge in [-0.15, -0.1) is 0 Å². The lowest BCUT2D eigenvalue weighted by atomic mass is 10.0. The number of rotatable bonds is 6. The number of benzene rings is 1. The molecule has 0 fully saturated rings. The Bertz CT molecular complexity index is 567. The predicted octanol–water partition coefficient (Wildman–Crippen LogP) is 4.46. The van der Waals surface area contributed by atoms with Gasteiger partial charge in [-0.1, -0.05) is 36.7 Å². The molecule has 1 N–H and O–H groups in total. The van der Waals surface area contributed by atoms with Crippen molar-refractivity contribution in [3.8, 4) is 11.8 Å². The Morgan fingerprint density at radius 2 is 2.20 bits per heavy atom. The molecule has 0 spiro atoms. The number of oxazole rings is 1. The summed E-state index contributed by atoms with van der Waals surface area (Å²) in [7, 11) is 0. The SMILES string of the molecule is CCNCc1coc(Oc2ccc(Br)cc2C(C)C)n1. The molecule has 0 saturated heterocycles. The minimum absolute atomic E-state index is 0.280. The van der Waals surface area contributed by atoms with Gasteiger partial charge in [-0.25, -0.2) is 0 Å². The highest BCUT2D eigenvalue weighted by Gasteiger charge is 2.12. The molecule has 2 aromatic rings. The average Bonchev–Trinajstić information content (AvgIpc) is 2.86. The second kappa shape index (κ2) is 6.90. The molecule has 2 rings (SSSR count). The number of halogens is 1. The van der Waals surface area contributed by atoms with Gasteiger partial charge in [-0.05, 0) is 36.2 Å². The molecule has 0 radical (unpaired) electrons. The van der Waals surface area contributed by atoms with Crippen LogP contribution in [-0.2, 0) is 6.54 Å². The van der Waals surface area contributed by atoms with Crippen molar-refractivity contribution in [2.75, 3.05) is 6.54 Å². The summed E-state index contributed by atoms with van der Waals surface area (Å²) in [5, 5.41) is 3.19. The molecule has 0 amide bonds. The summed E-state index contributed by atoms with van der Waals surface area (Å²) in [4.78, 5) is 4.30. The van der Waals surface area contributed by atoms with Crippen molar-refractivity contribution in [2.24, 2.45) is 0 Å². The van der Waals surface area contributed by atoms with Crippen LogP contribution in [0, 0.1) is 0 Å². The van der Waals surface area contributed by atoms with E-state index in [1.54, 1.807) is 6.26 Å². The molecule has 0 aliphatic carbocycles. The van der Waals surface area contributed by atoms with Crippen LogP contribution in [0.5, 0.6) is 11.8 Å². The lowest BCUT2D eigenvalue weighted by Crippen LogP contribution is -2.11. The summed E-state index contributed by atoms with van der Waals surface area (Å²) in [6.45, 7) is 7.88. The van der Waals surface area contributed by atoms with Gasteiger partial charge in [0.1, 0.15) is 12.0 Å². The highest BCUT2D eigenvalue weighted by molar-refractivity contribution is 9.10. The Morgan fingerprint density at radius 3 is 2.90 bits per heavy atom. The molecular weight excluding hydrogens is 320 g/mol. The number of hydrogen-bond acceptors (Lipinski definition) is 4. The second-order valence-electron chi connectivity index (χ2n) is 4.82. The van der Waals surface area contributed by atoms with Gasteiger partial charge in [0.05, 0.1) is 5.69 Å². The van der Waals surface area contributed by atoms with E-state index in [0.717, 1.165) is 28.0 Å². The van der Waals surface area contributed by atoms with Crippen LogP contribution >= 0.6 is 15.9 Å². The summed E-state index contributed by atoms with van der Waals surface area (Å²) in [5.41, 5.74) is 1.95. The molecule has 108 valence electrons. The normalized spacial score (nSPS) is 11.1. The number of ether oxygens (including phenoxy) is 1. The quantitative estimate of drug-likeness (QED) is 0.844. The summed E-state index contributed by atoms with van der Waals surface area (Å²) in [5.74, 6) is 1.14. The van der Waals surface area contributed by atoms with Crippen LogP contribution in [0.15, 0.2) is 33.4 Å². The largest absolute Gasteiger partial charge is 0.417 e. The zero-order chi connectivity index (χ0) is 14.5. The molecule has 0 aliphatic heterocycles. The van der Waals surface area contributed by atoms with Crippen molar-refractivity contribution in [1.82, 2.24) is 10.3 Å². The van der Waals surface area contributed by atoms with E-state index in [1.165, 1.54) is 0 Å². The van der Waals surface area contributed by atoms with Gasteiger partial charge in [0, 0.05) is 11.0 Å². The van der Waals surface area contributed by atoms with E-state index in [4.69, 9.17) is 9.15 Å². The predicted molar refractivity (Wildman–Crippen MR) is 82.2 cm³/mol. The van der Waals surface area contributed by atoms with Crippen LogP contribution in [0.1, 0.15) is 37.9 Å². The van der Waals surface area contributed by atoms with Crippen molar-refractivity contribution in [2.45, 2.75) is 33.2 Å². The van der Waals surface area contributed by atoms with E-state index in [9.17, 15) is 0 Å². The van der Waals surface area contributed by atoms with E-state index >= 15 is 0 Å². The van der Waals surface area contributed by atoms with Crippen molar-refractivity contribution in [1.29, 1.82) is 0 Å². The summed E-state index contributed by atoms with van der Waals surface area (Å²) in [6, 6.07) is 5.93. The maximum atomic E-state index is 5.76. The zero-order valence-corrected chi connectivity index (χ0v) is 13.5. The molecule has 5 heteroatoms. The van der Waals surface area contributed by atoms with Crippen LogP contribution in [0.3, 0.4) is 0 Å². The highest BCUT2D eigenvalue weighted by atomic mass is 79.9. The fourth-order valence-corrected chi connectivity index (χ4v) is 2.21. The van der Waals surface area contributed by atoms with Crippen LogP contribution < -0.4 is 10.1 Å². The van der Waals surface area contributed by atoms with Crippen LogP contribution in [-0.4, -0.2) is 11.5 Å². The van der Waals surface area contributed by atoms with Crippen molar-refractivity contribution in [3.05, 3.63) is 40.2 Å². The summed E-state index contributed by atoms with van der Waals surface area (Å²) in [6.07, 6.45) is 1.90. The zero-order valence-electron chi connectivity index (χ0n) is 11.9. The third-order valence-electron chi connectivity index (χ3n) is 2.88. The van der Waals surface area contributed by atoms with Crippen molar-refractivity contribution >= 4 is 15.9 Å². The van der Waals surface area contributed by atoms with E-state index in [-0.39, 0.29) is 6.08 Å². The van der Waals surface area contributed by atoms with Gasteiger partial charge in [0.15, 0.2) is 0 Å². The highest BCUT2D eigenvalue weighted by Crippen LogP contribution is 2.32. The Balaban J connectivity index is 2.15. The minimum Gasteiger partial charge on any atom is -0.417 e. The third-order valence-corrected chi connectivity index (χ3v) is 3.37. The number of aromatic nitrogens is 1. The Morgan fingerprint density at radius 1 is 1.40 bits per heavy atom. The third kappa shape index (κ3) is 3.84. The maximum Gasteiger partial charge on any atom is 0.399 e. The standard InChI is InChI=1S/C15H19BrN2O2/c1-4-17-8-12-9-19-15(18-12)20-14-6-5-11(16)7-13(14)10(2)3/h5-7,9-10,17H,4,8H2,1-3H3. The monoisotopic (exact) mass is 338 g/mol. The topological polar surface area (TPSA) is 47.3 Å². The molecule has 0 atom stereocenters. The van der Waals surface area contributed by atoms with E-state index in [0.29, 0.717) is 12.5 Å². The minimum atomic E-state index is 0.280. The average molecular weight is 339 g/mol. The van der Waals surface area contributed by atoms with Gasteiger partial charge in [0.25, 0.3) is 0 Å². The van der Waals surface area contributed by atoms with Crippen LogP contribution in [0.2, 0.25) is 0 Å². The molecule has 0 aliphatic rings. The fraction of sp³-hybridized carbons (Fsp3) is 0.400. The Kier molecular flexibility index (Phi) is 5.20. The van der Waals surface area contributed by atoms with E-state index in [1.807, 2.05) is 19.1 Å². The molecule has 1 aromatic heterocycles. The molecule has 4 nitrogen and oxygen atoms in total. The molecule has 0 bridgehead atoms. The van der Waals surface area contributed by atoms with Gasteiger partial charge in [-0.3, -0.25) is 0 Å². The summed E-state index contributed by atoms with van der Waals surface area (Å²) >= 11 is 3.48. The van der Waals surface area contributed by atoms with Gasteiger partial charge in [-0.2, -0.15) is 4.98 Å². The first-order valence-corrected chi connectivity index (χ1v) is 7.52. The fourth-order valence-electron chi connectivity index (χ4n) is 1.83. The van der Waals surface area contributed by atoms with Gasteiger partial charge < -0.3 is 14.5 Å².